The number of hydrogen-bond donors (Lipinski definition) is 3. The van der Waals surface area contributed by atoms with E-state index in [-0.39, 0.29) is 17.3 Å². The van der Waals surface area contributed by atoms with E-state index < -0.39 is 16.1 Å². The standard InChI is InChI=1S/C9H11Br2ClN2O3S/c10-7-1-6(18(13,16)17)2-8(11)9(7)14-4-5(15)3-12/h1-2,5,14-15H,3-4H2,(H2,13,16,17). The Morgan fingerprint density at radius 2 is 1.89 bits per heavy atom. The lowest BCUT2D eigenvalue weighted by Crippen LogP contribution is -2.21. The minimum absolute atomic E-state index is 0.00954. The van der Waals surface area contributed by atoms with Crippen molar-refractivity contribution in [3.05, 3.63) is 21.1 Å². The smallest absolute Gasteiger partial charge is 0.238 e. The molecule has 5 nitrogen and oxygen atoms in total. The van der Waals surface area contributed by atoms with Crippen LogP contribution in [0.25, 0.3) is 0 Å². The van der Waals surface area contributed by atoms with Gasteiger partial charge in [0.2, 0.25) is 10.0 Å². The number of halogens is 3. The van der Waals surface area contributed by atoms with Gasteiger partial charge in [0, 0.05) is 15.5 Å². The molecule has 0 saturated carbocycles. The summed E-state index contributed by atoms with van der Waals surface area (Å²) < 4.78 is 23.5. The SMILES string of the molecule is NS(=O)(=O)c1cc(Br)c(NCC(O)CCl)c(Br)c1. The van der Waals surface area contributed by atoms with Crippen LogP contribution in [0.2, 0.25) is 0 Å². The number of anilines is 1. The highest BCUT2D eigenvalue weighted by Gasteiger charge is 2.14. The number of benzene rings is 1. The third-order valence-electron chi connectivity index (χ3n) is 2.04. The summed E-state index contributed by atoms with van der Waals surface area (Å²) in [5.74, 6) is 0.109. The molecule has 0 amide bonds. The van der Waals surface area contributed by atoms with Crippen molar-refractivity contribution < 1.29 is 13.5 Å². The number of rotatable bonds is 5. The van der Waals surface area contributed by atoms with Crippen LogP contribution in [-0.2, 0) is 10.0 Å². The lowest BCUT2D eigenvalue weighted by atomic mass is 10.3. The van der Waals surface area contributed by atoms with Crippen LogP contribution in [0.15, 0.2) is 26.0 Å². The van der Waals surface area contributed by atoms with Gasteiger partial charge in [0.05, 0.1) is 22.6 Å². The molecule has 4 N–H and O–H groups in total. The van der Waals surface area contributed by atoms with E-state index in [1.165, 1.54) is 12.1 Å². The van der Waals surface area contributed by atoms with Gasteiger partial charge in [-0.2, -0.15) is 0 Å². The second-order valence-corrected chi connectivity index (χ2v) is 7.07. The van der Waals surface area contributed by atoms with Crippen LogP contribution in [0.3, 0.4) is 0 Å². The third kappa shape index (κ3) is 4.36. The molecule has 1 aromatic carbocycles. The number of aliphatic hydroxyl groups is 1. The largest absolute Gasteiger partial charge is 0.390 e. The fraction of sp³-hybridized carbons (Fsp3) is 0.333. The zero-order valence-corrected chi connectivity index (χ0v) is 13.8. The molecule has 102 valence electrons. The summed E-state index contributed by atoms with van der Waals surface area (Å²) in [4.78, 5) is -0.00954. The Morgan fingerprint density at radius 1 is 1.39 bits per heavy atom. The summed E-state index contributed by atoms with van der Waals surface area (Å²) in [5, 5.41) is 17.3. The highest BCUT2D eigenvalue weighted by molar-refractivity contribution is 9.11. The lowest BCUT2D eigenvalue weighted by molar-refractivity contribution is 0.211. The van der Waals surface area contributed by atoms with Gasteiger partial charge in [0.25, 0.3) is 0 Å². The summed E-state index contributed by atoms with van der Waals surface area (Å²) in [6.07, 6.45) is -0.691. The molecule has 0 bridgehead atoms. The number of aliphatic hydroxyl groups excluding tert-OH is 1. The van der Waals surface area contributed by atoms with E-state index in [9.17, 15) is 13.5 Å². The first-order valence-electron chi connectivity index (χ1n) is 4.75. The third-order valence-corrected chi connectivity index (χ3v) is 4.54. The van der Waals surface area contributed by atoms with Crippen LogP contribution in [0.4, 0.5) is 5.69 Å². The van der Waals surface area contributed by atoms with Crippen molar-refractivity contribution in [2.75, 3.05) is 17.7 Å². The second kappa shape index (κ2) is 6.53. The van der Waals surface area contributed by atoms with E-state index >= 15 is 0 Å². The molecule has 0 aliphatic heterocycles. The van der Waals surface area contributed by atoms with Gasteiger partial charge in [-0.1, -0.05) is 0 Å². The first-order chi connectivity index (χ1) is 8.25. The Morgan fingerprint density at radius 3 is 2.28 bits per heavy atom. The number of nitrogens with two attached hydrogens (primary N) is 1. The maximum atomic E-state index is 11.2. The molecular formula is C9H11Br2ClN2O3S. The van der Waals surface area contributed by atoms with Crippen molar-refractivity contribution in [2.24, 2.45) is 5.14 Å². The molecule has 9 heteroatoms. The summed E-state index contributed by atoms with van der Waals surface area (Å²) in [5.41, 5.74) is 0.617. The Kier molecular flexibility index (Phi) is 5.88. The zero-order chi connectivity index (χ0) is 13.9. The van der Waals surface area contributed by atoms with Crippen LogP contribution >= 0.6 is 43.5 Å². The Balaban J connectivity index is 3.02. The van der Waals surface area contributed by atoms with Crippen LogP contribution in [0.1, 0.15) is 0 Å². The fourth-order valence-corrected chi connectivity index (χ4v) is 3.60. The molecule has 1 unspecified atom stereocenters. The van der Waals surface area contributed by atoms with Crippen LogP contribution in [0.5, 0.6) is 0 Å². The number of nitrogens with one attached hydrogen (secondary N) is 1. The molecule has 0 heterocycles. The monoisotopic (exact) mass is 420 g/mol. The molecule has 18 heavy (non-hydrogen) atoms. The summed E-state index contributed by atoms with van der Waals surface area (Å²) in [7, 11) is -3.76. The molecule has 1 atom stereocenters. The van der Waals surface area contributed by atoms with Crippen molar-refractivity contribution in [2.45, 2.75) is 11.0 Å². The number of hydrogen-bond acceptors (Lipinski definition) is 4. The van der Waals surface area contributed by atoms with Crippen molar-refractivity contribution in [1.82, 2.24) is 0 Å². The predicted molar refractivity (Wildman–Crippen MR) is 78.4 cm³/mol. The highest BCUT2D eigenvalue weighted by atomic mass is 79.9. The van der Waals surface area contributed by atoms with E-state index in [1.54, 1.807) is 0 Å². The quantitative estimate of drug-likeness (QED) is 0.632. The minimum Gasteiger partial charge on any atom is -0.390 e. The summed E-state index contributed by atoms with van der Waals surface area (Å²) >= 11 is 11.9. The molecule has 0 aliphatic rings. The molecule has 0 saturated heterocycles. The van der Waals surface area contributed by atoms with Gasteiger partial charge in [-0.25, -0.2) is 13.6 Å². The minimum atomic E-state index is -3.76. The van der Waals surface area contributed by atoms with Gasteiger partial charge in [-0.15, -0.1) is 11.6 Å². The van der Waals surface area contributed by atoms with Crippen molar-refractivity contribution in [3.63, 3.8) is 0 Å². The fourth-order valence-electron chi connectivity index (χ4n) is 1.16. The maximum absolute atomic E-state index is 11.2. The van der Waals surface area contributed by atoms with Crippen LogP contribution in [0, 0.1) is 0 Å². The van der Waals surface area contributed by atoms with E-state index in [2.05, 4.69) is 37.2 Å². The molecule has 0 fully saturated rings. The van der Waals surface area contributed by atoms with Gasteiger partial charge < -0.3 is 10.4 Å². The number of alkyl halides is 1. The molecule has 0 aromatic heterocycles. The maximum Gasteiger partial charge on any atom is 0.238 e. The molecule has 1 rings (SSSR count). The lowest BCUT2D eigenvalue weighted by Gasteiger charge is -2.14. The van der Waals surface area contributed by atoms with Crippen LogP contribution < -0.4 is 10.5 Å². The van der Waals surface area contributed by atoms with Gasteiger partial charge in [0.15, 0.2) is 0 Å². The van der Waals surface area contributed by atoms with E-state index in [0.717, 1.165) is 0 Å². The van der Waals surface area contributed by atoms with Gasteiger partial charge in [0.1, 0.15) is 0 Å². The molecular weight excluding hydrogens is 411 g/mol. The average Bonchev–Trinajstić information content (AvgIpc) is 2.26. The Bertz CT molecular complexity index is 516. The second-order valence-electron chi connectivity index (χ2n) is 3.50. The number of sulfonamides is 1. The predicted octanol–water partition coefficient (Wildman–Crippen LogP) is 1.87. The van der Waals surface area contributed by atoms with Crippen LogP contribution in [-0.4, -0.2) is 32.1 Å². The van der Waals surface area contributed by atoms with E-state index in [1.807, 2.05) is 0 Å². The molecule has 0 spiro atoms. The van der Waals surface area contributed by atoms with Gasteiger partial charge in [-0.3, -0.25) is 0 Å². The van der Waals surface area contributed by atoms with E-state index in [4.69, 9.17) is 16.7 Å². The highest BCUT2D eigenvalue weighted by Crippen LogP contribution is 2.33. The Labute approximate surface area is 127 Å². The summed E-state index contributed by atoms with van der Waals surface area (Å²) in [6.45, 7) is 0.245. The van der Waals surface area contributed by atoms with Gasteiger partial charge in [-0.05, 0) is 44.0 Å². The average molecular weight is 423 g/mol. The van der Waals surface area contributed by atoms with Crippen molar-refractivity contribution >= 4 is 59.2 Å². The Hall–Kier alpha value is 0.140. The number of primary sulfonamides is 1. The first kappa shape index (κ1) is 16.2. The van der Waals surface area contributed by atoms with E-state index in [0.29, 0.717) is 14.6 Å². The zero-order valence-electron chi connectivity index (χ0n) is 9.03. The van der Waals surface area contributed by atoms with Crippen molar-refractivity contribution in [1.29, 1.82) is 0 Å². The topological polar surface area (TPSA) is 92.4 Å². The first-order valence-corrected chi connectivity index (χ1v) is 8.42. The molecule has 1 aromatic rings. The van der Waals surface area contributed by atoms with Crippen molar-refractivity contribution in [3.8, 4) is 0 Å². The van der Waals surface area contributed by atoms with Gasteiger partial charge >= 0.3 is 0 Å². The summed E-state index contributed by atoms with van der Waals surface area (Å²) in [6, 6.07) is 2.77. The normalized spacial score (nSPS) is 13.4. The molecule has 0 radical (unpaired) electrons. The molecule has 0 aliphatic carbocycles.